The first-order valence-corrected chi connectivity index (χ1v) is 23.6. The highest BCUT2D eigenvalue weighted by atomic mass is 35.5. The molecule has 0 spiro atoms. The number of nitriles is 1. The Kier molecular flexibility index (Phi) is 16.1. The minimum Gasteiger partial charge on any atom is -0.488 e. The number of halogens is 1. The quantitative estimate of drug-likeness (QED) is 0.0688. The van der Waals surface area contributed by atoms with Crippen LogP contribution in [-0.4, -0.2) is 108 Å². The molecule has 0 bridgehead atoms. The second-order valence-electron chi connectivity index (χ2n) is 17.4. The van der Waals surface area contributed by atoms with Gasteiger partial charge in [-0.1, -0.05) is 84.4 Å². The van der Waals surface area contributed by atoms with Crippen LogP contribution >= 0.6 is 11.6 Å². The fourth-order valence-corrected chi connectivity index (χ4v) is 8.93. The number of benzene rings is 4. The van der Waals surface area contributed by atoms with Crippen molar-refractivity contribution in [3.8, 4) is 45.2 Å². The van der Waals surface area contributed by atoms with Gasteiger partial charge >= 0.3 is 0 Å². The van der Waals surface area contributed by atoms with E-state index in [-0.39, 0.29) is 25.7 Å². The predicted molar refractivity (Wildman–Crippen MR) is 263 cm³/mol. The topological polar surface area (TPSA) is 239 Å². The van der Waals surface area contributed by atoms with Gasteiger partial charge in [-0.05, 0) is 90.4 Å². The number of aromatic nitrogens is 2. The number of nitrogens with zero attached hydrogens (tertiary/aromatic N) is 5. The fraction of sp³-hybridized carbons (Fsp3) is 0.278. The summed E-state index contributed by atoms with van der Waals surface area (Å²) in [6.45, 7) is 1.49. The van der Waals surface area contributed by atoms with Crippen molar-refractivity contribution in [2.45, 2.75) is 75.8 Å². The molecule has 0 saturated carbocycles. The Labute approximate surface area is 415 Å². The van der Waals surface area contributed by atoms with Crippen molar-refractivity contribution < 1.29 is 44.3 Å². The number of carbonyl (C=O) groups is 4. The number of aliphatic hydroxyl groups is 4. The zero-order chi connectivity index (χ0) is 50.0. The van der Waals surface area contributed by atoms with Gasteiger partial charge in [0.25, 0.3) is 23.6 Å². The van der Waals surface area contributed by atoms with Crippen molar-refractivity contribution in [3.05, 3.63) is 161 Å². The molecule has 2 aromatic heterocycles. The first kappa shape index (κ1) is 49.9. The third-order valence-corrected chi connectivity index (χ3v) is 12.9. The van der Waals surface area contributed by atoms with E-state index < -0.39 is 48.0 Å². The molecule has 2 aliphatic rings. The molecule has 6 N–H and O–H groups in total. The van der Waals surface area contributed by atoms with Gasteiger partial charge in [-0.3, -0.25) is 29.1 Å². The van der Waals surface area contributed by atoms with Crippen LogP contribution in [0.5, 0.6) is 5.75 Å². The maximum absolute atomic E-state index is 13.2. The molecule has 364 valence electrons. The van der Waals surface area contributed by atoms with Crippen LogP contribution in [0.3, 0.4) is 0 Å². The minimum absolute atomic E-state index is 0.0534. The summed E-state index contributed by atoms with van der Waals surface area (Å²) in [5.41, 5.74) is 7.78. The van der Waals surface area contributed by atoms with Crippen LogP contribution in [0.1, 0.15) is 59.8 Å². The molecule has 6 aromatic rings. The molecule has 71 heavy (non-hydrogen) atoms. The highest BCUT2D eigenvalue weighted by molar-refractivity contribution is 6.30. The number of ether oxygens (including phenoxy) is 1. The molecule has 0 unspecified atom stereocenters. The summed E-state index contributed by atoms with van der Waals surface area (Å²) in [7, 11) is 0. The molecule has 4 aromatic carbocycles. The standard InChI is InChI=1S/C54H52ClN7O9/c55-40-8-5-7-36(25-40)45-10-6-24-62(45)54(70)50(66)48(64)52(68)60-30-41-20-18-38(28-57-41)43-9-1-2-11-46(43)71-32-33-12-14-34(15-13-33)35-16-17-37(27-56)44(26-35)39-19-21-42(58-29-39)31-59-51(67)47(63)49(65)53(69)61-22-3-4-23-61/h1-2,5,7-9,11-21,25-26,28-29,45,47-50,63-66H,3-4,6,10,22-24,30-32H2,(H,59,67)(H,60,68)/t45-,47-,48-,49-,50-/m1/s1. The summed E-state index contributed by atoms with van der Waals surface area (Å²) in [6.07, 6.45) is -1.49. The van der Waals surface area contributed by atoms with Gasteiger partial charge in [0.2, 0.25) is 0 Å². The Morgan fingerprint density at radius 2 is 1.27 bits per heavy atom. The number of carbonyl (C=O) groups excluding carboxylic acids is 4. The van der Waals surface area contributed by atoms with Gasteiger partial charge in [-0.2, -0.15) is 5.26 Å². The molecule has 2 fully saturated rings. The highest BCUT2D eigenvalue weighted by Crippen LogP contribution is 2.35. The molecule has 0 aliphatic carbocycles. The summed E-state index contributed by atoms with van der Waals surface area (Å²) < 4.78 is 6.29. The van der Waals surface area contributed by atoms with Crippen LogP contribution in [0.25, 0.3) is 33.4 Å². The van der Waals surface area contributed by atoms with E-state index in [1.807, 2.05) is 72.8 Å². The number of hydrogen-bond acceptors (Lipinski definition) is 12. The number of likely N-dealkylation sites (tertiary alicyclic amines) is 2. The second kappa shape index (κ2) is 22.9. The average molecular weight is 979 g/mol. The van der Waals surface area contributed by atoms with E-state index in [1.54, 1.807) is 54.9 Å². The number of rotatable bonds is 17. The fourth-order valence-electron chi connectivity index (χ4n) is 8.73. The number of pyridine rings is 2. The normalized spacial score (nSPS) is 16.1. The van der Waals surface area contributed by atoms with Crippen molar-refractivity contribution in [2.24, 2.45) is 0 Å². The number of nitrogens with one attached hydrogen (secondary N) is 2. The van der Waals surface area contributed by atoms with Gasteiger partial charge in [0.05, 0.1) is 42.2 Å². The molecule has 17 heteroatoms. The smallest absolute Gasteiger partial charge is 0.255 e. The third kappa shape index (κ3) is 11.9. The summed E-state index contributed by atoms with van der Waals surface area (Å²) in [5.74, 6) is -2.58. The lowest BCUT2D eigenvalue weighted by molar-refractivity contribution is -0.153. The van der Waals surface area contributed by atoms with Crippen LogP contribution in [0.2, 0.25) is 5.02 Å². The Balaban J connectivity index is 0.834. The Morgan fingerprint density at radius 1 is 0.662 bits per heavy atom. The SMILES string of the molecule is N#Cc1ccc(-c2ccc(COc3ccccc3-c3ccc(CNC(=O)[C@H](O)[C@@H](O)C(=O)N4CCC[C@@H]4c4cccc(Cl)c4)nc3)cc2)cc1-c1ccc(CNC(=O)[C@H](O)[C@@H](O)C(=O)N2CCCC2)nc1. The zero-order valence-corrected chi connectivity index (χ0v) is 39.3. The lowest BCUT2D eigenvalue weighted by Gasteiger charge is -2.28. The average Bonchev–Trinajstić information content (AvgIpc) is 4.15. The maximum atomic E-state index is 13.2. The van der Waals surface area contributed by atoms with E-state index in [9.17, 15) is 44.9 Å². The van der Waals surface area contributed by atoms with E-state index in [2.05, 4.69) is 26.7 Å². The van der Waals surface area contributed by atoms with Gasteiger partial charge in [0.15, 0.2) is 24.4 Å². The van der Waals surface area contributed by atoms with Gasteiger partial charge in [0.1, 0.15) is 12.4 Å². The van der Waals surface area contributed by atoms with Crippen LogP contribution in [0, 0.1) is 11.3 Å². The van der Waals surface area contributed by atoms with Crippen molar-refractivity contribution in [1.82, 2.24) is 30.4 Å². The van der Waals surface area contributed by atoms with E-state index in [0.717, 1.165) is 46.2 Å². The molecule has 2 saturated heterocycles. The van der Waals surface area contributed by atoms with E-state index >= 15 is 0 Å². The van der Waals surface area contributed by atoms with Crippen molar-refractivity contribution in [3.63, 3.8) is 0 Å². The summed E-state index contributed by atoms with van der Waals surface area (Å²) in [6, 6.07) is 37.0. The molecule has 4 heterocycles. The molecule has 16 nitrogen and oxygen atoms in total. The van der Waals surface area contributed by atoms with Crippen LogP contribution in [0.15, 0.2) is 128 Å². The Hall–Kier alpha value is -7.52. The van der Waals surface area contributed by atoms with Crippen molar-refractivity contribution >= 4 is 35.2 Å². The number of hydrogen-bond donors (Lipinski definition) is 6. The van der Waals surface area contributed by atoms with Gasteiger partial charge in [-0.25, -0.2) is 0 Å². The molecule has 4 amide bonds. The minimum atomic E-state index is -1.98. The van der Waals surface area contributed by atoms with Crippen molar-refractivity contribution in [1.29, 1.82) is 5.26 Å². The van der Waals surface area contributed by atoms with Gasteiger partial charge < -0.3 is 45.6 Å². The summed E-state index contributed by atoms with van der Waals surface area (Å²) >= 11 is 6.16. The number of amides is 4. The largest absolute Gasteiger partial charge is 0.488 e. The van der Waals surface area contributed by atoms with Gasteiger partial charge in [0, 0.05) is 59.3 Å². The monoisotopic (exact) mass is 977 g/mol. The van der Waals surface area contributed by atoms with Crippen molar-refractivity contribution in [2.75, 3.05) is 19.6 Å². The predicted octanol–water partition coefficient (Wildman–Crippen LogP) is 5.24. The Bertz CT molecular complexity index is 2910. The first-order valence-electron chi connectivity index (χ1n) is 23.3. The molecule has 0 radical (unpaired) electrons. The molecule has 2 aliphatic heterocycles. The first-order chi connectivity index (χ1) is 34.4. The van der Waals surface area contributed by atoms with E-state index in [4.69, 9.17) is 16.3 Å². The van der Waals surface area contributed by atoms with E-state index in [1.165, 1.54) is 9.80 Å². The van der Waals surface area contributed by atoms with Crippen LogP contribution in [-0.2, 0) is 38.9 Å². The molecular formula is C54H52ClN7O9. The summed E-state index contributed by atoms with van der Waals surface area (Å²) in [5, 5.41) is 57.5. The molecule has 8 rings (SSSR count). The van der Waals surface area contributed by atoms with E-state index in [0.29, 0.717) is 71.3 Å². The Morgan fingerprint density at radius 3 is 1.89 bits per heavy atom. The number of aliphatic hydroxyl groups excluding tert-OH is 4. The second-order valence-corrected chi connectivity index (χ2v) is 17.9. The lowest BCUT2D eigenvalue weighted by atomic mass is 9.95. The van der Waals surface area contributed by atoms with Gasteiger partial charge in [-0.15, -0.1) is 0 Å². The highest BCUT2D eigenvalue weighted by Gasteiger charge is 2.39. The zero-order valence-electron chi connectivity index (χ0n) is 38.5. The lowest BCUT2D eigenvalue weighted by Crippen LogP contribution is -2.50. The molecular weight excluding hydrogens is 926 g/mol. The summed E-state index contributed by atoms with van der Waals surface area (Å²) in [4.78, 5) is 62.9. The third-order valence-electron chi connectivity index (χ3n) is 12.7. The van der Waals surface area contributed by atoms with Crippen LogP contribution < -0.4 is 15.4 Å². The molecule has 5 atom stereocenters. The maximum Gasteiger partial charge on any atom is 0.255 e. The van der Waals surface area contributed by atoms with Crippen LogP contribution in [0.4, 0.5) is 0 Å². The number of para-hydroxylation sites is 1.